The first-order chi connectivity index (χ1) is 10.5. The van der Waals surface area contributed by atoms with Crippen molar-refractivity contribution in [2.45, 2.75) is 0 Å². The first kappa shape index (κ1) is 17.0. The minimum atomic E-state index is -0.335. The molecule has 0 spiro atoms. The van der Waals surface area contributed by atoms with Crippen molar-refractivity contribution in [1.82, 2.24) is 5.43 Å². The molecule has 0 aliphatic rings. The van der Waals surface area contributed by atoms with Crippen LogP contribution in [0.1, 0.15) is 15.9 Å². The predicted octanol–water partition coefficient (Wildman–Crippen LogP) is 3.37. The van der Waals surface area contributed by atoms with Crippen LogP contribution in [0.3, 0.4) is 0 Å². The summed E-state index contributed by atoms with van der Waals surface area (Å²) in [7, 11) is 1.56. The molecule has 1 amide bonds. The van der Waals surface area contributed by atoms with Gasteiger partial charge in [0.05, 0.1) is 16.9 Å². The number of aromatic hydroxyl groups is 1. The van der Waals surface area contributed by atoms with Gasteiger partial charge in [-0.2, -0.15) is 5.10 Å². The number of phenols is 1. The van der Waals surface area contributed by atoms with E-state index >= 15 is 0 Å². The van der Waals surface area contributed by atoms with Gasteiger partial charge in [0, 0.05) is 14.7 Å². The van der Waals surface area contributed by atoms with Gasteiger partial charge in [0.15, 0.2) is 0 Å². The highest BCUT2D eigenvalue weighted by Gasteiger charge is 2.06. The highest BCUT2D eigenvalue weighted by Crippen LogP contribution is 2.25. The number of ether oxygens (including phenoxy) is 1. The molecule has 0 heterocycles. The average Bonchev–Trinajstić information content (AvgIpc) is 2.51. The Labute approximate surface area is 155 Å². The molecular weight excluding hydrogens is 510 g/mol. The predicted molar refractivity (Wildman–Crippen MR) is 102 cm³/mol. The van der Waals surface area contributed by atoms with E-state index in [4.69, 9.17) is 4.74 Å². The Hall–Kier alpha value is -1.36. The van der Waals surface area contributed by atoms with Crippen molar-refractivity contribution in [1.29, 1.82) is 0 Å². The Morgan fingerprint density at radius 3 is 2.59 bits per heavy atom. The molecule has 2 N–H and O–H groups in total. The smallest absolute Gasteiger partial charge is 0.271 e. The summed E-state index contributed by atoms with van der Waals surface area (Å²) < 4.78 is 6.74. The Kier molecular flexibility index (Phi) is 6.00. The normalized spacial score (nSPS) is 10.7. The largest absolute Gasteiger partial charge is 0.506 e. The van der Waals surface area contributed by atoms with Crippen molar-refractivity contribution in [3.8, 4) is 11.5 Å². The summed E-state index contributed by atoms with van der Waals surface area (Å²) in [5, 5.41) is 13.8. The topological polar surface area (TPSA) is 70.9 Å². The Balaban J connectivity index is 2.07. The summed E-state index contributed by atoms with van der Waals surface area (Å²) in [5.74, 6) is 0.487. The van der Waals surface area contributed by atoms with Crippen LogP contribution in [0.25, 0.3) is 0 Å². The number of nitrogens with zero attached hydrogens (tertiary/aromatic N) is 1. The van der Waals surface area contributed by atoms with E-state index in [0.29, 0.717) is 16.9 Å². The molecule has 0 atom stereocenters. The zero-order valence-corrected chi connectivity index (χ0v) is 15.8. The van der Waals surface area contributed by atoms with E-state index in [9.17, 15) is 9.90 Å². The molecular formula is C15H12I2N2O3. The Morgan fingerprint density at radius 1 is 1.27 bits per heavy atom. The van der Waals surface area contributed by atoms with Gasteiger partial charge < -0.3 is 9.84 Å². The molecule has 0 saturated carbocycles. The summed E-state index contributed by atoms with van der Waals surface area (Å²) in [5.41, 5.74) is 3.44. The molecule has 5 nitrogen and oxygen atoms in total. The quantitative estimate of drug-likeness (QED) is 0.368. The molecule has 0 aliphatic heterocycles. The first-order valence-corrected chi connectivity index (χ1v) is 8.32. The SMILES string of the molecule is COc1ccc(C(=O)NN=Cc2cc(I)cc(I)c2O)cc1. The molecule has 2 aromatic carbocycles. The molecule has 7 heteroatoms. The van der Waals surface area contributed by atoms with Gasteiger partial charge in [-0.1, -0.05) is 0 Å². The lowest BCUT2D eigenvalue weighted by Gasteiger charge is -2.04. The summed E-state index contributed by atoms with van der Waals surface area (Å²) in [4.78, 5) is 11.9. The molecule has 2 aromatic rings. The highest BCUT2D eigenvalue weighted by molar-refractivity contribution is 14.1. The summed E-state index contributed by atoms with van der Waals surface area (Å²) in [6.45, 7) is 0. The van der Waals surface area contributed by atoms with E-state index in [1.54, 1.807) is 37.4 Å². The van der Waals surface area contributed by atoms with Crippen LogP contribution in [-0.4, -0.2) is 24.3 Å². The molecule has 114 valence electrons. The van der Waals surface area contributed by atoms with E-state index in [1.165, 1.54) is 6.21 Å². The van der Waals surface area contributed by atoms with E-state index < -0.39 is 0 Å². The lowest BCUT2D eigenvalue weighted by Crippen LogP contribution is -2.17. The van der Waals surface area contributed by atoms with Crippen molar-refractivity contribution >= 4 is 57.3 Å². The van der Waals surface area contributed by atoms with E-state index in [0.717, 1.165) is 7.14 Å². The van der Waals surface area contributed by atoms with Crippen LogP contribution in [-0.2, 0) is 0 Å². The number of carbonyl (C=O) groups is 1. The first-order valence-electron chi connectivity index (χ1n) is 6.16. The van der Waals surface area contributed by atoms with Gasteiger partial charge >= 0.3 is 0 Å². The summed E-state index contributed by atoms with van der Waals surface area (Å²) in [6.07, 6.45) is 1.42. The van der Waals surface area contributed by atoms with Crippen molar-refractivity contribution < 1.29 is 14.6 Å². The van der Waals surface area contributed by atoms with Gasteiger partial charge in [0.25, 0.3) is 5.91 Å². The molecule has 0 aliphatic carbocycles. The fraction of sp³-hybridized carbons (Fsp3) is 0.0667. The number of nitrogens with one attached hydrogen (secondary N) is 1. The number of halogens is 2. The van der Waals surface area contributed by atoms with E-state index in [1.807, 2.05) is 28.7 Å². The number of hydrazone groups is 1. The number of benzene rings is 2. The second-order valence-electron chi connectivity index (χ2n) is 4.25. The number of phenolic OH excluding ortho intramolecular Hbond substituents is 1. The van der Waals surface area contributed by atoms with Crippen molar-refractivity contribution in [2.24, 2.45) is 5.10 Å². The number of hydrogen-bond donors (Lipinski definition) is 2. The van der Waals surface area contributed by atoms with Crippen LogP contribution in [0.2, 0.25) is 0 Å². The molecule has 0 aromatic heterocycles. The van der Waals surface area contributed by atoms with Gasteiger partial charge in [-0.25, -0.2) is 5.43 Å². The lowest BCUT2D eigenvalue weighted by molar-refractivity contribution is 0.0955. The summed E-state index contributed by atoms with van der Waals surface area (Å²) >= 11 is 4.19. The molecule has 0 fully saturated rings. The minimum Gasteiger partial charge on any atom is -0.506 e. The fourth-order valence-electron chi connectivity index (χ4n) is 1.65. The second kappa shape index (κ2) is 7.77. The van der Waals surface area contributed by atoms with Crippen LogP contribution in [0, 0.1) is 7.14 Å². The Bertz CT molecular complexity index is 715. The zero-order chi connectivity index (χ0) is 16.1. The molecule has 0 unspecified atom stereocenters. The molecule has 2 rings (SSSR count). The van der Waals surface area contributed by atoms with Gasteiger partial charge in [0.1, 0.15) is 11.5 Å². The van der Waals surface area contributed by atoms with Gasteiger partial charge in [-0.3, -0.25) is 4.79 Å². The highest BCUT2D eigenvalue weighted by atomic mass is 127. The molecule has 0 bridgehead atoms. The number of hydrogen-bond acceptors (Lipinski definition) is 4. The monoisotopic (exact) mass is 522 g/mol. The number of carbonyl (C=O) groups excluding carboxylic acids is 1. The minimum absolute atomic E-state index is 0.142. The van der Waals surface area contributed by atoms with Crippen LogP contribution in [0.4, 0.5) is 0 Å². The zero-order valence-electron chi connectivity index (χ0n) is 11.5. The van der Waals surface area contributed by atoms with Crippen LogP contribution >= 0.6 is 45.2 Å². The van der Waals surface area contributed by atoms with Crippen molar-refractivity contribution in [2.75, 3.05) is 7.11 Å². The van der Waals surface area contributed by atoms with E-state index in [-0.39, 0.29) is 11.7 Å². The second-order valence-corrected chi connectivity index (χ2v) is 6.66. The maximum atomic E-state index is 11.9. The standard InChI is InChI=1S/C15H12I2N2O3/c1-22-12-4-2-9(3-5-12)15(21)19-18-8-10-6-11(16)7-13(17)14(10)20/h2-8,20H,1H3,(H,19,21). The van der Waals surface area contributed by atoms with Crippen molar-refractivity contribution in [3.05, 3.63) is 54.7 Å². The third-order valence-corrected chi connectivity index (χ3v) is 4.22. The lowest BCUT2D eigenvalue weighted by atomic mass is 10.2. The van der Waals surface area contributed by atoms with E-state index in [2.05, 4.69) is 33.1 Å². The third-order valence-electron chi connectivity index (χ3n) is 2.78. The number of methoxy groups -OCH3 is 1. The van der Waals surface area contributed by atoms with Gasteiger partial charge in [0.2, 0.25) is 0 Å². The molecule has 22 heavy (non-hydrogen) atoms. The molecule has 0 saturated heterocycles. The fourth-order valence-corrected chi connectivity index (χ4v) is 3.54. The van der Waals surface area contributed by atoms with Crippen molar-refractivity contribution in [3.63, 3.8) is 0 Å². The average molecular weight is 522 g/mol. The van der Waals surface area contributed by atoms with Gasteiger partial charge in [-0.05, 0) is 81.6 Å². The van der Waals surface area contributed by atoms with Crippen LogP contribution < -0.4 is 10.2 Å². The van der Waals surface area contributed by atoms with Crippen LogP contribution in [0.5, 0.6) is 11.5 Å². The third kappa shape index (κ3) is 4.32. The van der Waals surface area contributed by atoms with Crippen LogP contribution in [0.15, 0.2) is 41.5 Å². The summed E-state index contributed by atoms with van der Waals surface area (Å²) in [6, 6.07) is 10.3. The maximum Gasteiger partial charge on any atom is 0.271 e. The number of amides is 1. The maximum absolute atomic E-state index is 11.9. The van der Waals surface area contributed by atoms with Gasteiger partial charge in [-0.15, -0.1) is 0 Å². The Morgan fingerprint density at radius 2 is 1.95 bits per heavy atom. The molecule has 0 radical (unpaired) electrons. The number of rotatable bonds is 4.